The summed E-state index contributed by atoms with van der Waals surface area (Å²) in [6.07, 6.45) is 1.39. The summed E-state index contributed by atoms with van der Waals surface area (Å²) in [5.74, 6) is -0.730. The number of anilines is 1. The summed E-state index contributed by atoms with van der Waals surface area (Å²) in [6, 6.07) is 19.0. The fourth-order valence-electron chi connectivity index (χ4n) is 4.49. The van der Waals surface area contributed by atoms with Crippen molar-refractivity contribution < 1.29 is 18.9 Å². The van der Waals surface area contributed by atoms with E-state index < -0.39 is 4.92 Å². The fraction of sp³-hybridized carbons (Fsp3) is 0.286. The third kappa shape index (κ3) is 6.01. The Bertz CT molecular complexity index is 1240. The second-order valence-corrected chi connectivity index (χ2v) is 9.09. The Morgan fingerprint density at radius 2 is 1.67 bits per heavy atom. The number of aryl methyl sites for hydroxylation is 1. The van der Waals surface area contributed by atoms with Crippen molar-refractivity contribution in [2.24, 2.45) is 5.92 Å². The first-order valence-corrected chi connectivity index (χ1v) is 12.0. The first-order chi connectivity index (χ1) is 17.3. The normalized spacial score (nSPS) is 14.4. The van der Waals surface area contributed by atoms with Gasteiger partial charge in [-0.2, -0.15) is 0 Å². The van der Waals surface area contributed by atoms with Gasteiger partial charge >= 0.3 is 0 Å². The summed E-state index contributed by atoms with van der Waals surface area (Å²) in [7, 11) is 0. The predicted molar refractivity (Wildman–Crippen MR) is 136 cm³/mol. The van der Waals surface area contributed by atoms with Crippen LogP contribution >= 0.6 is 0 Å². The van der Waals surface area contributed by atoms with Crippen molar-refractivity contribution in [1.82, 2.24) is 4.90 Å². The Hall–Kier alpha value is -3.91. The number of carbonyl (C=O) groups is 2. The molecule has 0 aliphatic carbocycles. The van der Waals surface area contributed by atoms with E-state index in [1.807, 2.05) is 31.2 Å². The molecule has 1 amide bonds. The van der Waals surface area contributed by atoms with Crippen LogP contribution in [0.25, 0.3) is 0 Å². The molecule has 4 rings (SSSR count). The summed E-state index contributed by atoms with van der Waals surface area (Å²) in [5, 5.41) is 11.2. The van der Waals surface area contributed by atoms with E-state index in [2.05, 4.69) is 4.90 Å². The number of amides is 1. The van der Waals surface area contributed by atoms with Crippen molar-refractivity contribution >= 4 is 23.1 Å². The number of nitro groups is 1. The smallest absolute Gasteiger partial charge is 0.270 e. The molecule has 0 aromatic heterocycles. The Morgan fingerprint density at radius 3 is 2.31 bits per heavy atom. The number of rotatable bonds is 8. The third-order valence-electron chi connectivity index (χ3n) is 6.62. The number of benzene rings is 3. The molecule has 0 atom stereocenters. The molecule has 1 aliphatic rings. The summed E-state index contributed by atoms with van der Waals surface area (Å²) in [6.45, 7) is 4.40. The van der Waals surface area contributed by atoms with Gasteiger partial charge in [0.05, 0.1) is 4.92 Å². The van der Waals surface area contributed by atoms with Crippen LogP contribution in [-0.2, 0) is 0 Å². The quantitative estimate of drug-likeness (QED) is 0.244. The molecule has 0 saturated carbocycles. The highest BCUT2D eigenvalue weighted by molar-refractivity contribution is 6.06. The zero-order chi connectivity index (χ0) is 25.7. The number of halogens is 1. The van der Waals surface area contributed by atoms with Crippen LogP contribution in [0.3, 0.4) is 0 Å². The number of Topliss-reactive ketones (excluding diaryl/α,β-unsaturated/α-hetero) is 1. The van der Waals surface area contributed by atoms with Crippen LogP contribution in [0.5, 0.6) is 0 Å². The molecule has 1 aliphatic heterocycles. The van der Waals surface area contributed by atoms with Gasteiger partial charge in [-0.3, -0.25) is 19.7 Å². The van der Waals surface area contributed by atoms with Crippen LogP contribution in [-0.4, -0.2) is 47.7 Å². The van der Waals surface area contributed by atoms with Crippen LogP contribution in [0, 0.1) is 28.8 Å². The van der Waals surface area contributed by atoms with E-state index in [0.29, 0.717) is 44.6 Å². The zero-order valence-corrected chi connectivity index (χ0v) is 20.1. The number of hydrogen-bond donors (Lipinski definition) is 0. The largest absolute Gasteiger partial charge is 0.307 e. The van der Waals surface area contributed by atoms with Crippen molar-refractivity contribution in [3.63, 3.8) is 0 Å². The minimum absolute atomic E-state index is 0.0387. The van der Waals surface area contributed by atoms with Gasteiger partial charge in [0.2, 0.25) is 0 Å². The molecule has 0 unspecified atom stereocenters. The molecule has 3 aromatic carbocycles. The summed E-state index contributed by atoms with van der Waals surface area (Å²) in [5.41, 5.74) is 2.45. The lowest BCUT2D eigenvalue weighted by molar-refractivity contribution is -0.384. The molecule has 0 radical (unpaired) electrons. The van der Waals surface area contributed by atoms with E-state index in [-0.39, 0.29) is 34.7 Å². The Balaban J connectivity index is 1.42. The lowest BCUT2D eigenvalue weighted by Gasteiger charge is -2.33. The zero-order valence-electron chi connectivity index (χ0n) is 20.1. The maximum atomic E-state index is 13.4. The van der Waals surface area contributed by atoms with Crippen molar-refractivity contribution in [3.05, 3.63) is 105 Å². The van der Waals surface area contributed by atoms with Gasteiger partial charge in [0.25, 0.3) is 11.6 Å². The number of nitro benzene ring substituents is 1. The van der Waals surface area contributed by atoms with Gasteiger partial charge in [-0.1, -0.05) is 23.8 Å². The van der Waals surface area contributed by atoms with Crippen molar-refractivity contribution in [1.29, 1.82) is 0 Å². The highest BCUT2D eigenvalue weighted by Crippen LogP contribution is 2.24. The van der Waals surface area contributed by atoms with E-state index in [9.17, 15) is 24.1 Å². The standard InChI is InChI=1S/C28H28FN3O4/c1-20-5-11-25(12-6-20)31(28(34)23-3-2-4-26(19-23)32(35)36)18-17-30-15-13-22(14-16-30)27(33)21-7-9-24(29)10-8-21/h2-12,19,22H,13-18H2,1H3. The van der Waals surface area contributed by atoms with Crippen molar-refractivity contribution in [2.45, 2.75) is 19.8 Å². The van der Waals surface area contributed by atoms with E-state index in [1.54, 1.807) is 11.0 Å². The average molecular weight is 490 g/mol. The van der Waals surface area contributed by atoms with Gasteiger partial charge in [0, 0.05) is 48.0 Å². The molecule has 7 nitrogen and oxygen atoms in total. The van der Waals surface area contributed by atoms with Gasteiger partial charge in [-0.15, -0.1) is 0 Å². The number of non-ortho nitro benzene ring substituents is 1. The number of ketones is 1. The molecular formula is C28H28FN3O4. The molecule has 3 aromatic rings. The van der Waals surface area contributed by atoms with Gasteiger partial charge < -0.3 is 9.80 Å². The van der Waals surface area contributed by atoms with Crippen molar-refractivity contribution in [3.8, 4) is 0 Å². The molecule has 8 heteroatoms. The monoisotopic (exact) mass is 489 g/mol. The minimum Gasteiger partial charge on any atom is -0.307 e. The number of piperidine rings is 1. The van der Waals surface area contributed by atoms with E-state index in [4.69, 9.17) is 0 Å². The van der Waals surface area contributed by atoms with Crippen LogP contribution in [0.1, 0.15) is 39.1 Å². The fourth-order valence-corrected chi connectivity index (χ4v) is 4.49. The highest BCUT2D eigenvalue weighted by atomic mass is 19.1. The molecule has 1 saturated heterocycles. The maximum Gasteiger partial charge on any atom is 0.270 e. The molecule has 0 N–H and O–H groups in total. The topological polar surface area (TPSA) is 83.8 Å². The van der Waals surface area contributed by atoms with Crippen LogP contribution in [0.15, 0.2) is 72.8 Å². The molecule has 36 heavy (non-hydrogen) atoms. The van der Waals surface area contributed by atoms with Gasteiger partial charge in [0.15, 0.2) is 5.78 Å². The molecule has 1 fully saturated rings. The second kappa shape index (κ2) is 11.2. The SMILES string of the molecule is Cc1ccc(N(CCN2CCC(C(=O)c3ccc(F)cc3)CC2)C(=O)c2cccc([N+](=O)[O-])c2)cc1. The van der Waals surface area contributed by atoms with E-state index in [0.717, 1.165) is 11.3 Å². The van der Waals surface area contributed by atoms with E-state index in [1.165, 1.54) is 42.5 Å². The lowest BCUT2D eigenvalue weighted by atomic mass is 9.89. The minimum atomic E-state index is -0.510. The Labute approximate surface area is 209 Å². The Morgan fingerprint density at radius 1 is 1.00 bits per heavy atom. The second-order valence-electron chi connectivity index (χ2n) is 9.09. The summed E-state index contributed by atoms with van der Waals surface area (Å²) < 4.78 is 13.2. The highest BCUT2D eigenvalue weighted by Gasteiger charge is 2.27. The van der Waals surface area contributed by atoms with Gasteiger partial charge in [-0.05, 0) is 75.3 Å². The van der Waals surface area contributed by atoms with Crippen LogP contribution in [0.4, 0.5) is 15.8 Å². The molecule has 0 spiro atoms. The first kappa shape index (κ1) is 25.2. The summed E-state index contributed by atoms with van der Waals surface area (Å²) >= 11 is 0. The number of hydrogen-bond acceptors (Lipinski definition) is 5. The number of carbonyl (C=O) groups excluding carboxylic acids is 2. The third-order valence-corrected chi connectivity index (χ3v) is 6.62. The predicted octanol–water partition coefficient (Wildman–Crippen LogP) is 5.28. The van der Waals surface area contributed by atoms with Gasteiger partial charge in [0.1, 0.15) is 5.82 Å². The van der Waals surface area contributed by atoms with Crippen LogP contribution < -0.4 is 4.90 Å². The van der Waals surface area contributed by atoms with Crippen LogP contribution in [0.2, 0.25) is 0 Å². The number of nitrogens with zero attached hydrogens (tertiary/aromatic N) is 3. The average Bonchev–Trinajstić information content (AvgIpc) is 2.90. The maximum absolute atomic E-state index is 13.4. The molecule has 0 bridgehead atoms. The lowest BCUT2D eigenvalue weighted by Crippen LogP contribution is -2.42. The number of likely N-dealkylation sites (tertiary alicyclic amines) is 1. The Kier molecular flexibility index (Phi) is 7.85. The van der Waals surface area contributed by atoms with Crippen molar-refractivity contribution in [2.75, 3.05) is 31.1 Å². The van der Waals surface area contributed by atoms with Gasteiger partial charge in [-0.25, -0.2) is 4.39 Å². The van der Waals surface area contributed by atoms with E-state index >= 15 is 0 Å². The molecular weight excluding hydrogens is 461 g/mol. The first-order valence-electron chi connectivity index (χ1n) is 12.0. The summed E-state index contributed by atoms with van der Waals surface area (Å²) in [4.78, 5) is 40.7. The molecule has 186 valence electrons. The molecule has 1 heterocycles.